The van der Waals surface area contributed by atoms with Gasteiger partial charge in [0.25, 0.3) is 5.91 Å². The second-order valence-electron chi connectivity index (χ2n) is 7.95. The highest BCUT2D eigenvalue weighted by Crippen LogP contribution is 2.26. The summed E-state index contributed by atoms with van der Waals surface area (Å²) in [7, 11) is 0. The van der Waals surface area contributed by atoms with Crippen molar-refractivity contribution in [1.82, 2.24) is 5.32 Å². The molecule has 0 saturated heterocycles. The molecule has 2 aromatic rings. The number of benzene rings is 2. The first-order chi connectivity index (χ1) is 15.6. The molecular formula is C24H26N4O3S. The fourth-order valence-electron chi connectivity index (χ4n) is 3.86. The third kappa shape index (κ3) is 5.76. The van der Waals surface area contributed by atoms with Crippen LogP contribution in [0.5, 0.6) is 0 Å². The lowest BCUT2D eigenvalue weighted by atomic mass is 9.88. The van der Waals surface area contributed by atoms with Crippen molar-refractivity contribution in [3.63, 3.8) is 0 Å². The zero-order valence-corrected chi connectivity index (χ0v) is 18.6. The normalized spacial score (nSPS) is 16.6. The van der Waals surface area contributed by atoms with E-state index in [9.17, 15) is 14.4 Å². The summed E-state index contributed by atoms with van der Waals surface area (Å²) in [5, 5.41) is 11.3. The van der Waals surface area contributed by atoms with Crippen LogP contribution < -0.4 is 15.6 Å². The van der Waals surface area contributed by atoms with Gasteiger partial charge in [0.05, 0.1) is 17.9 Å². The average molecular weight is 451 g/mol. The Balaban J connectivity index is 1.24. The fourth-order valence-corrected chi connectivity index (χ4v) is 4.56. The van der Waals surface area contributed by atoms with Crippen LogP contribution in [-0.4, -0.2) is 29.3 Å². The maximum atomic E-state index is 12.4. The molecule has 1 fully saturated rings. The summed E-state index contributed by atoms with van der Waals surface area (Å²) < 4.78 is 0. The highest BCUT2D eigenvalue weighted by atomic mass is 32.2. The Bertz CT molecular complexity index is 1000. The molecule has 3 amide bonds. The fraction of sp³-hybridized carbons (Fsp3) is 0.333. The van der Waals surface area contributed by atoms with Gasteiger partial charge in [0.2, 0.25) is 11.8 Å². The number of thioether (sulfide) groups is 1. The summed E-state index contributed by atoms with van der Waals surface area (Å²) in [6.45, 7) is 0. The van der Waals surface area contributed by atoms with E-state index in [0.29, 0.717) is 11.5 Å². The number of amides is 3. The van der Waals surface area contributed by atoms with Crippen molar-refractivity contribution in [3.05, 3.63) is 54.6 Å². The maximum absolute atomic E-state index is 12.4. The predicted octanol–water partition coefficient (Wildman–Crippen LogP) is 4.16. The number of carbonyl (C=O) groups is 3. The van der Waals surface area contributed by atoms with E-state index in [4.69, 9.17) is 0 Å². The number of nitrogens with zero attached hydrogens (tertiary/aromatic N) is 2. The maximum Gasteiger partial charge on any atom is 0.255 e. The number of nitrogens with one attached hydrogen (secondary N) is 2. The smallest absolute Gasteiger partial charge is 0.255 e. The van der Waals surface area contributed by atoms with Gasteiger partial charge in [-0.3, -0.25) is 14.4 Å². The largest absolute Gasteiger partial charge is 0.326 e. The van der Waals surface area contributed by atoms with Crippen LogP contribution in [0.15, 0.2) is 64.6 Å². The van der Waals surface area contributed by atoms with Crippen molar-refractivity contribution in [2.45, 2.75) is 43.4 Å². The number of amidine groups is 1. The van der Waals surface area contributed by atoms with Gasteiger partial charge in [0, 0.05) is 16.5 Å². The summed E-state index contributed by atoms with van der Waals surface area (Å²) in [6, 6.07) is 16.6. The second-order valence-corrected chi connectivity index (χ2v) is 9.00. The molecule has 1 saturated carbocycles. The SMILES string of the molecule is O=C(CSc1ccc(NC(=O)C2CCCCC2)cc1)NC1=NN(c2ccccc2)C(=O)C1. The van der Waals surface area contributed by atoms with E-state index in [1.54, 1.807) is 12.1 Å². The Hall–Kier alpha value is -3.13. The molecule has 1 aliphatic heterocycles. The number of hydrogen-bond donors (Lipinski definition) is 2. The highest BCUT2D eigenvalue weighted by Gasteiger charge is 2.26. The summed E-state index contributed by atoms with van der Waals surface area (Å²) in [5.41, 5.74) is 1.45. The molecule has 2 aliphatic rings. The number of rotatable bonds is 6. The molecule has 166 valence electrons. The Morgan fingerprint density at radius 3 is 2.41 bits per heavy atom. The van der Waals surface area contributed by atoms with Gasteiger partial charge >= 0.3 is 0 Å². The monoisotopic (exact) mass is 450 g/mol. The Labute approximate surface area is 191 Å². The number of carbonyl (C=O) groups excluding carboxylic acids is 3. The highest BCUT2D eigenvalue weighted by molar-refractivity contribution is 8.00. The van der Waals surface area contributed by atoms with Crippen molar-refractivity contribution in [1.29, 1.82) is 0 Å². The first-order valence-corrected chi connectivity index (χ1v) is 11.9. The topological polar surface area (TPSA) is 90.9 Å². The van der Waals surface area contributed by atoms with Crippen LogP contribution in [0.3, 0.4) is 0 Å². The molecule has 32 heavy (non-hydrogen) atoms. The van der Waals surface area contributed by atoms with Gasteiger partial charge < -0.3 is 10.6 Å². The van der Waals surface area contributed by atoms with Crippen molar-refractivity contribution < 1.29 is 14.4 Å². The van der Waals surface area contributed by atoms with Gasteiger partial charge in [-0.05, 0) is 49.2 Å². The third-order valence-electron chi connectivity index (χ3n) is 5.53. The van der Waals surface area contributed by atoms with Gasteiger partial charge in [0.15, 0.2) is 0 Å². The van der Waals surface area contributed by atoms with E-state index in [0.717, 1.165) is 36.3 Å². The molecule has 0 atom stereocenters. The van der Waals surface area contributed by atoms with Gasteiger partial charge in [0.1, 0.15) is 5.84 Å². The number of hydrazone groups is 1. The van der Waals surface area contributed by atoms with Crippen LogP contribution >= 0.6 is 11.8 Å². The third-order valence-corrected chi connectivity index (χ3v) is 6.54. The Morgan fingerprint density at radius 2 is 1.69 bits per heavy atom. The van der Waals surface area contributed by atoms with E-state index >= 15 is 0 Å². The van der Waals surface area contributed by atoms with Crippen molar-refractivity contribution >= 4 is 46.7 Å². The number of anilines is 2. The Kier molecular flexibility index (Phi) is 7.21. The molecule has 1 heterocycles. The van der Waals surface area contributed by atoms with Crippen LogP contribution in [0.1, 0.15) is 38.5 Å². The van der Waals surface area contributed by atoms with Crippen LogP contribution in [0.4, 0.5) is 11.4 Å². The molecule has 0 bridgehead atoms. The van der Waals surface area contributed by atoms with Crippen molar-refractivity contribution in [2.24, 2.45) is 11.0 Å². The molecule has 8 heteroatoms. The molecule has 2 N–H and O–H groups in total. The molecule has 0 aromatic heterocycles. The minimum atomic E-state index is -0.217. The number of para-hydroxylation sites is 1. The van der Waals surface area contributed by atoms with E-state index in [1.807, 2.05) is 42.5 Å². The zero-order valence-electron chi connectivity index (χ0n) is 17.8. The standard InChI is InChI=1S/C24H26N4O3S/c29-22(26-21-15-23(30)28(27-21)19-9-5-2-6-10-19)16-32-20-13-11-18(12-14-20)25-24(31)17-7-3-1-4-8-17/h2,5-6,9-14,17H,1,3-4,7-8,15-16H2,(H,25,31)(H,26,27,29). The summed E-state index contributed by atoms with van der Waals surface area (Å²) in [5.74, 6) is 0.374. The lowest BCUT2D eigenvalue weighted by molar-refractivity contribution is -0.121. The van der Waals surface area contributed by atoms with Gasteiger partial charge in [-0.1, -0.05) is 37.5 Å². The quantitative estimate of drug-likeness (QED) is 0.647. The molecule has 7 nitrogen and oxygen atoms in total. The van der Waals surface area contributed by atoms with Crippen molar-refractivity contribution in [2.75, 3.05) is 16.1 Å². The van der Waals surface area contributed by atoms with Crippen LogP contribution in [-0.2, 0) is 14.4 Å². The van der Waals surface area contributed by atoms with E-state index in [1.165, 1.54) is 23.2 Å². The van der Waals surface area contributed by atoms with E-state index in [2.05, 4.69) is 15.7 Å². The van der Waals surface area contributed by atoms with Gasteiger partial charge in [-0.25, -0.2) is 0 Å². The predicted molar refractivity (Wildman–Crippen MR) is 126 cm³/mol. The lowest BCUT2D eigenvalue weighted by Gasteiger charge is -2.20. The van der Waals surface area contributed by atoms with Crippen molar-refractivity contribution in [3.8, 4) is 0 Å². The molecular weight excluding hydrogens is 424 g/mol. The lowest BCUT2D eigenvalue weighted by Crippen LogP contribution is -2.31. The first-order valence-electron chi connectivity index (χ1n) is 10.9. The van der Waals surface area contributed by atoms with Gasteiger partial charge in [-0.15, -0.1) is 11.8 Å². The molecule has 4 rings (SSSR count). The van der Waals surface area contributed by atoms with E-state index in [-0.39, 0.29) is 35.8 Å². The molecule has 0 spiro atoms. The molecule has 0 radical (unpaired) electrons. The first kappa shape index (κ1) is 22.1. The average Bonchev–Trinajstić information content (AvgIpc) is 3.19. The minimum Gasteiger partial charge on any atom is -0.326 e. The number of hydrogen-bond acceptors (Lipinski definition) is 5. The molecule has 1 aliphatic carbocycles. The summed E-state index contributed by atoms with van der Waals surface area (Å²) >= 11 is 1.39. The van der Waals surface area contributed by atoms with Crippen LogP contribution in [0, 0.1) is 5.92 Å². The van der Waals surface area contributed by atoms with Crippen LogP contribution in [0.2, 0.25) is 0 Å². The van der Waals surface area contributed by atoms with Crippen LogP contribution in [0.25, 0.3) is 0 Å². The zero-order chi connectivity index (χ0) is 22.3. The minimum absolute atomic E-state index is 0.0701. The second kappa shape index (κ2) is 10.5. The Morgan fingerprint density at radius 1 is 0.969 bits per heavy atom. The summed E-state index contributed by atoms with van der Waals surface area (Å²) in [6.07, 6.45) is 5.48. The molecule has 2 aromatic carbocycles. The molecule has 0 unspecified atom stereocenters. The summed E-state index contributed by atoms with van der Waals surface area (Å²) in [4.78, 5) is 37.8. The van der Waals surface area contributed by atoms with E-state index < -0.39 is 0 Å². The van der Waals surface area contributed by atoms with Gasteiger partial charge in [-0.2, -0.15) is 10.1 Å².